The Kier molecular flexibility index (Phi) is 11.4. The molecule has 0 saturated carbocycles. The molecule has 1 aromatic rings. The fourth-order valence-electron chi connectivity index (χ4n) is 4.25. The van der Waals surface area contributed by atoms with Crippen LogP contribution in [0.3, 0.4) is 0 Å². The Hall–Kier alpha value is -2.23. The molecule has 8 heteroatoms. The van der Waals surface area contributed by atoms with Crippen molar-refractivity contribution in [2.24, 2.45) is 10.4 Å². The quantitative estimate of drug-likeness (QED) is 0.151. The fourth-order valence-corrected chi connectivity index (χ4v) is 4.61. The van der Waals surface area contributed by atoms with Crippen LogP contribution in [0.15, 0.2) is 40.6 Å². The summed E-state index contributed by atoms with van der Waals surface area (Å²) in [4.78, 5) is 41.4. The van der Waals surface area contributed by atoms with Gasteiger partial charge in [-0.05, 0) is 84.7 Å². The van der Waals surface area contributed by atoms with E-state index in [1.54, 1.807) is 6.92 Å². The number of benzene rings is 1. The molecule has 2 N–H and O–H groups in total. The summed E-state index contributed by atoms with van der Waals surface area (Å²) in [6, 6.07) is 7.55. The van der Waals surface area contributed by atoms with Gasteiger partial charge in [0.1, 0.15) is 11.8 Å². The Morgan fingerprint density at radius 2 is 1.86 bits per heavy atom. The van der Waals surface area contributed by atoms with Crippen molar-refractivity contribution in [3.05, 3.63) is 44.7 Å². The highest BCUT2D eigenvalue weighted by Crippen LogP contribution is 2.36. The number of esters is 1. The molecule has 1 aromatic carbocycles. The summed E-state index contributed by atoms with van der Waals surface area (Å²) in [5, 5.41) is 13.3. The topological polar surface area (TPSA) is 105 Å². The number of carbonyl (C=O) groups excluding carboxylic acids is 3. The van der Waals surface area contributed by atoms with Gasteiger partial charge in [0.15, 0.2) is 5.78 Å². The number of aliphatic hydroxyl groups is 1. The third-order valence-electron chi connectivity index (χ3n) is 6.05. The van der Waals surface area contributed by atoms with Crippen LogP contribution >= 0.6 is 22.6 Å². The molecule has 1 unspecified atom stereocenters. The second-order valence-corrected chi connectivity index (χ2v) is 11.1. The lowest BCUT2D eigenvalue weighted by Crippen LogP contribution is -2.30. The molecule has 1 aliphatic carbocycles. The van der Waals surface area contributed by atoms with Crippen molar-refractivity contribution in [2.75, 3.05) is 13.7 Å². The molecule has 1 amide bonds. The van der Waals surface area contributed by atoms with Gasteiger partial charge in [0.2, 0.25) is 5.91 Å². The van der Waals surface area contributed by atoms with E-state index < -0.39 is 12.0 Å². The van der Waals surface area contributed by atoms with Gasteiger partial charge in [0, 0.05) is 35.1 Å². The number of methoxy groups -OCH3 is 1. The number of hydrogen-bond acceptors (Lipinski definition) is 6. The van der Waals surface area contributed by atoms with Crippen LogP contribution < -0.4 is 5.32 Å². The third-order valence-corrected chi connectivity index (χ3v) is 6.77. The predicted molar refractivity (Wildman–Crippen MR) is 146 cm³/mol. The van der Waals surface area contributed by atoms with Gasteiger partial charge in [0.05, 0.1) is 12.7 Å². The molecule has 1 atom stereocenters. The van der Waals surface area contributed by atoms with Crippen molar-refractivity contribution in [1.82, 2.24) is 5.32 Å². The molecule has 0 aromatic heterocycles. The van der Waals surface area contributed by atoms with Crippen molar-refractivity contribution in [3.63, 3.8) is 0 Å². The summed E-state index contributed by atoms with van der Waals surface area (Å²) in [6.07, 6.45) is 4.65. The van der Waals surface area contributed by atoms with Crippen LogP contribution in [0.4, 0.5) is 0 Å². The summed E-state index contributed by atoms with van der Waals surface area (Å²) in [6.45, 7) is 6.04. The zero-order valence-electron chi connectivity index (χ0n) is 21.2. The number of hydrogen-bond donors (Lipinski definition) is 2. The average Bonchev–Trinajstić information content (AvgIpc) is 2.77. The number of unbranched alkanes of at least 4 members (excludes halogenated alkanes) is 1. The minimum Gasteiger partial charge on any atom is -0.511 e. The molecule has 7 nitrogen and oxygen atoms in total. The van der Waals surface area contributed by atoms with E-state index in [1.165, 1.54) is 16.2 Å². The normalized spacial score (nSPS) is 16.7. The molecule has 0 aliphatic heterocycles. The zero-order valence-corrected chi connectivity index (χ0v) is 23.3. The number of aryl methyl sites for hydroxylation is 1. The maximum Gasteiger partial charge on any atom is 0.330 e. The van der Waals surface area contributed by atoms with Crippen LogP contribution in [0.5, 0.6) is 0 Å². The van der Waals surface area contributed by atoms with Crippen LogP contribution in [0.25, 0.3) is 0 Å². The largest absolute Gasteiger partial charge is 0.511 e. The second-order valence-electron chi connectivity index (χ2n) is 9.84. The van der Waals surface area contributed by atoms with E-state index in [0.29, 0.717) is 50.8 Å². The summed E-state index contributed by atoms with van der Waals surface area (Å²) in [7, 11) is 1.31. The maximum absolute atomic E-state index is 12.6. The number of aliphatic hydroxyl groups excluding tert-OH is 1. The van der Waals surface area contributed by atoms with E-state index in [1.807, 2.05) is 13.8 Å². The monoisotopic (exact) mass is 596 g/mol. The number of nitrogens with zero attached hydrogens (tertiary/aromatic N) is 1. The second kappa shape index (κ2) is 13.8. The van der Waals surface area contributed by atoms with Crippen molar-refractivity contribution >= 4 is 46.0 Å². The zero-order chi connectivity index (χ0) is 26.0. The predicted octanol–water partition coefficient (Wildman–Crippen LogP) is 5.10. The standard InChI is InChI=1S/C27H37IN2O5/c1-18(25-22(31)16-27(2,3)17-23(25)32)30-21(26(34)35-4)9-5-6-15-29-24(33)10-7-8-19-11-13-20(28)14-12-19/h11-14,21,31H,5-10,15-17H2,1-4H3,(H,29,33). The van der Waals surface area contributed by atoms with E-state index in [4.69, 9.17) is 4.74 Å². The fraction of sp³-hybridized carbons (Fsp3) is 0.556. The highest BCUT2D eigenvalue weighted by molar-refractivity contribution is 14.1. The van der Waals surface area contributed by atoms with Gasteiger partial charge in [-0.2, -0.15) is 0 Å². The molecule has 35 heavy (non-hydrogen) atoms. The van der Waals surface area contributed by atoms with Crippen LogP contribution in [0.1, 0.15) is 71.3 Å². The number of Topliss-reactive ketones (excluding diaryl/α,β-unsaturated/α-hetero) is 1. The number of ether oxygens (including phenoxy) is 1. The molecular formula is C27H37IN2O5. The highest BCUT2D eigenvalue weighted by Gasteiger charge is 2.34. The van der Waals surface area contributed by atoms with Gasteiger partial charge in [-0.1, -0.05) is 26.0 Å². The molecule has 0 radical (unpaired) electrons. The van der Waals surface area contributed by atoms with Crippen molar-refractivity contribution in [3.8, 4) is 0 Å². The minimum atomic E-state index is -0.757. The van der Waals surface area contributed by atoms with Gasteiger partial charge in [0.25, 0.3) is 0 Å². The summed E-state index contributed by atoms with van der Waals surface area (Å²) in [5.41, 5.74) is 1.51. The number of halogens is 1. The van der Waals surface area contributed by atoms with Crippen LogP contribution in [-0.4, -0.2) is 48.2 Å². The van der Waals surface area contributed by atoms with Crippen molar-refractivity contribution in [2.45, 2.75) is 78.2 Å². The first-order valence-electron chi connectivity index (χ1n) is 12.1. The molecule has 0 fully saturated rings. The number of rotatable bonds is 12. The summed E-state index contributed by atoms with van der Waals surface area (Å²) in [5.74, 6) is -0.586. The Bertz CT molecular complexity index is 966. The maximum atomic E-state index is 12.6. The Morgan fingerprint density at radius 1 is 1.17 bits per heavy atom. The number of aliphatic imine (C=N–C) groups is 1. The first kappa shape index (κ1) is 29.0. The first-order valence-corrected chi connectivity index (χ1v) is 13.2. The molecule has 1 aliphatic rings. The van der Waals surface area contributed by atoms with Crippen molar-refractivity contribution in [1.29, 1.82) is 0 Å². The minimum absolute atomic E-state index is 0.0232. The van der Waals surface area contributed by atoms with E-state index in [-0.39, 0.29) is 28.4 Å². The SMILES string of the molecule is COC(=O)C(CCCCNC(=O)CCCc1ccc(I)cc1)N=C(C)C1=C(O)CC(C)(C)CC1=O. The average molecular weight is 597 g/mol. The van der Waals surface area contributed by atoms with Gasteiger partial charge in [-0.15, -0.1) is 0 Å². The molecule has 0 bridgehead atoms. The summed E-state index contributed by atoms with van der Waals surface area (Å²) < 4.78 is 6.09. The van der Waals surface area contributed by atoms with Gasteiger partial charge in [-0.3, -0.25) is 14.6 Å². The van der Waals surface area contributed by atoms with Crippen LogP contribution in [0, 0.1) is 8.99 Å². The molecule has 0 saturated heterocycles. The molecule has 0 heterocycles. The Morgan fingerprint density at radius 3 is 2.49 bits per heavy atom. The number of carbonyl (C=O) groups is 3. The smallest absolute Gasteiger partial charge is 0.330 e. The number of nitrogens with one attached hydrogen (secondary N) is 1. The molecule has 2 rings (SSSR count). The lowest BCUT2D eigenvalue weighted by atomic mass is 9.75. The van der Waals surface area contributed by atoms with E-state index in [2.05, 4.69) is 57.2 Å². The van der Waals surface area contributed by atoms with Crippen LogP contribution in [-0.2, 0) is 25.5 Å². The molecule has 0 spiro atoms. The Labute approximate surface area is 221 Å². The van der Waals surface area contributed by atoms with E-state index in [0.717, 1.165) is 12.8 Å². The number of ketones is 1. The Balaban J connectivity index is 1.79. The third kappa shape index (κ3) is 9.74. The lowest BCUT2D eigenvalue weighted by Gasteiger charge is -2.29. The number of allylic oxidation sites excluding steroid dienone is 2. The van der Waals surface area contributed by atoms with E-state index in [9.17, 15) is 19.5 Å². The molecular weight excluding hydrogens is 559 g/mol. The summed E-state index contributed by atoms with van der Waals surface area (Å²) >= 11 is 2.27. The lowest BCUT2D eigenvalue weighted by molar-refractivity contribution is -0.142. The van der Waals surface area contributed by atoms with Gasteiger partial charge < -0.3 is 15.2 Å². The molecule has 192 valence electrons. The van der Waals surface area contributed by atoms with E-state index >= 15 is 0 Å². The highest BCUT2D eigenvalue weighted by atomic mass is 127. The van der Waals surface area contributed by atoms with Crippen molar-refractivity contribution < 1.29 is 24.2 Å². The first-order chi connectivity index (χ1) is 16.5. The van der Waals surface area contributed by atoms with Gasteiger partial charge in [-0.25, -0.2) is 4.79 Å². The van der Waals surface area contributed by atoms with Crippen LogP contribution in [0.2, 0.25) is 0 Å². The van der Waals surface area contributed by atoms with Gasteiger partial charge >= 0.3 is 5.97 Å². The number of amides is 1.